The first-order valence-corrected chi connectivity index (χ1v) is 9.12. The lowest BCUT2D eigenvalue weighted by molar-refractivity contribution is -0.111. The first-order chi connectivity index (χ1) is 12.2. The normalized spacial score (nSPS) is 18.9. The Morgan fingerprint density at radius 3 is 2.92 bits per heavy atom. The van der Waals surface area contributed by atoms with Crippen LogP contribution in [0.3, 0.4) is 0 Å². The standard InChI is InChI=1S/C22H24N2O.ClH/c1-16-4-2-5-19(14-16)23-22(25)10-8-17-7-9-18-11-13-24-12-3-6-21(24)20(18)15-17;/h2,4-5,7-10,14-15,21H,3,6,11-13H2,1H3,(H,23,25);1H/b10-8+;. The average molecular weight is 369 g/mol. The highest BCUT2D eigenvalue weighted by Gasteiger charge is 2.30. The number of benzene rings is 2. The van der Waals surface area contributed by atoms with Crippen LogP contribution in [0, 0.1) is 6.92 Å². The van der Waals surface area contributed by atoms with E-state index >= 15 is 0 Å². The lowest BCUT2D eigenvalue weighted by atomic mass is 9.91. The van der Waals surface area contributed by atoms with Crippen molar-refractivity contribution in [1.29, 1.82) is 0 Å². The smallest absolute Gasteiger partial charge is 0.248 e. The van der Waals surface area contributed by atoms with Gasteiger partial charge in [0, 0.05) is 24.4 Å². The fraction of sp³-hybridized carbons (Fsp3) is 0.318. The Bertz CT molecular complexity index is 831. The molecular weight excluding hydrogens is 344 g/mol. The zero-order valence-corrected chi connectivity index (χ0v) is 15.9. The molecule has 2 heterocycles. The quantitative estimate of drug-likeness (QED) is 0.792. The van der Waals surface area contributed by atoms with Crippen LogP contribution in [-0.2, 0) is 11.2 Å². The van der Waals surface area contributed by atoms with Crippen LogP contribution in [0.2, 0.25) is 0 Å². The van der Waals surface area contributed by atoms with Crippen LogP contribution >= 0.6 is 12.4 Å². The predicted octanol–water partition coefficient (Wildman–Crippen LogP) is 4.76. The molecule has 0 aliphatic carbocycles. The van der Waals surface area contributed by atoms with E-state index in [0.29, 0.717) is 6.04 Å². The van der Waals surface area contributed by atoms with Crippen molar-refractivity contribution in [2.24, 2.45) is 0 Å². The summed E-state index contributed by atoms with van der Waals surface area (Å²) in [4.78, 5) is 14.8. The molecule has 2 aliphatic heterocycles. The molecule has 0 spiro atoms. The Morgan fingerprint density at radius 2 is 2.08 bits per heavy atom. The zero-order chi connectivity index (χ0) is 17.2. The van der Waals surface area contributed by atoms with Crippen LogP contribution in [0.5, 0.6) is 0 Å². The first-order valence-electron chi connectivity index (χ1n) is 9.12. The van der Waals surface area contributed by atoms with Crippen LogP contribution in [0.4, 0.5) is 5.69 Å². The second-order valence-electron chi connectivity index (χ2n) is 7.09. The summed E-state index contributed by atoms with van der Waals surface area (Å²) in [6.45, 7) is 4.43. The summed E-state index contributed by atoms with van der Waals surface area (Å²) < 4.78 is 0. The second-order valence-corrected chi connectivity index (χ2v) is 7.09. The fourth-order valence-corrected chi connectivity index (χ4v) is 4.04. The summed E-state index contributed by atoms with van der Waals surface area (Å²) in [6.07, 6.45) is 7.24. The number of amides is 1. The summed E-state index contributed by atoms with van der Waals surface area (Å²) in [6, 6.07) is 15.1. The highest BCUT2D eigenvalue weighted by molar-refractivity contribution is 6.01. The fourth-order valence-electron chi connectivity index (χ4n) is 4.04. The summed E-state index contributed by atoms with van der Waals surface area (Å²) >= 11 is 0. The molecule has 0 aromatic heterocycles. The van der Waals surface area contributed by atoms with Gasteiger partial charge in [0.15, 0.2) is 0 Å². The number of nitrogens with one attached hydrogen (secondary N) is 1. The number of hydrogen-bond acceptors (Lipinski definition) is 2. The molecule has 1 unspecified atom stereocenters. The van der Waals surface area contributed by atoms with Crippen LogP contribution in [-0.4, -0.2) is 23.9 Å². The number of anilines is 1. The molecule has 1 amide bonds. The van der Waals surface area contributed by atoms with Gasteiger partial charge in [0.05, 0.1) is 0 Å². The van der Waals surface area contributed by atoms with E-state index in [-0.39, 0.29) is 18.3 Å². The molecule has 2 aromatic carbocycles. The van der Waals surface area contributed by atoms with E-state index in [0.717, 1.165) is 23.2 Å². The molecule has 0 radical (unpaired) electrons. The van der Waals surface area contributed by atoms with Crippen molar-refractivity contribution in [2.45, 2.75) is 32.2 Å². The van der Waals surface area contributed by atoms with Crippen molar-refractivity contribution in [3.8, 4) is 0 Å². The van der Waals surface area contributed by atoms with Crippen LogP contribution in [0.15, 0.2) is 48.5 Å². The molecule has 4 heteroatoms. The highest BCUT2D eigenvalue weighted by Crippen LogP contribution is 2.37. The van der Waals surface area contributed by atoms with Gasteiger partial charge in [0.1, 0.15) is 0 Å². The Hall–Kier alpha value is -2.10. The first kappa shape index (κ1) is 18.7. The number of rotatable bonds is 3. The molecule has 1 fully saturated rings. The molecule has 1 atom stereocenters. The third-order valence-electron chi connectivity index (χ3n) is 5.27. The van der Waals surface area contributed by atoms with Crippen molar-refractivity contribution in [3.63, 3.8) is 0 Å². The van der Waals surface area contributed by atoms with Crippen molar-refractivity contribution in [3.05, 3.63) is 70.8 Å². The molecular formula is C22H25ClN2O. The van der Waals surface area contributed by atoms with Gasteiger partial charge in [-0.2, -0.15) is 0 Å². The molecule has 2 aromatic rings. The number of nitrogens with zero attached hydrogens (tertiary/aromatic N) is 1. The third kappa shape index (κ3) is 4.00. The topological polar surface area (TPSA) is 32.3 Å². The van der Waals surface area contributed by atoms with Crippen molar-refractivity contribution < 1.29 is 4.79 Å². The largest absolute Gasteiger partial charge is 0.323 e. The van der Waals surface area contributed by atoms with E-state index in [1.165, 1.54) is 37.1 Å². The molecule has 1 N–H and O–H groups in total. The molecule has 26 heavy (non-hydrogen) atoms. The summed E-state index contributed by atoms with van der Waals surface area (Å²) in [5, 5.41) is 2.92. The van der Waals surface area contributed by atoms with Crippen molar-refractivity contribution in [1.82, 2.24) is 4.90 Å². The van der Waals surface area contributed by atoms with E-state index in [2.05, 4.69) is 28.4 Å². The molecule has 1 saturated heterocycles. The maximum absolute atomic E-state index is 12.2. The van der Waals surface area contributed by atoms with Gasteiger partial charge in [-0.15, -0.1) is 12.4 Å². The van der Waals surface area contributed by atoms with Crippen LogP contribution < -0.4 is 5.32 Å². The number of carbonyl (C=O) groups excluding carboxylic acids is 1. The minimum atomic E-state index is -0.0918. The summed E-state index contributed by atoms with van der Waals surface area (Å²) in [7, 11) is 0. The van der Waals surface area contributed by atoms with E-state index < -0.39 is 0 Å². The monoisotopic (exact) mass is 368 g/mol. The number of fused-ring (bicyclic) bond motifs is 3. The third-order valence-corrected chi connectivity index (χ3v) is 5.27. The molecule has 0 saturated carbocycles. The van der Waals surface area contributed by atoms with Gasteiger partial charge in [-0.05, 0) is 79.3 Å². The van der Waals surface area contributed by atoms with Gasteiger partial charge in [-0.3, -0.25) is 9.69 Å². The van der Waals surface area contributed by atoms with Crippen molar-refractivity contribution in [2.75, 3.05) is 18.4 Å². The van der Waals surface area contributed by atoms with Gasteiger partial charge in [-0.25, -0.2) is 0 Å². The van der Waals surface area contributed by atoms with Gasteiger partial charge < -0.3 is 5.32 Å². The van der Waals surface area contributed by atoms with E-state index in [9.17, 15) is 4.79 Å². The van der Waals surface area contributed by atoms with E-state index in [1.807, 2.05) is 37.3 Å². The SMILES string of the molecule is Cc1cccc(NC(=O)/C=C/c2ccc3c(c2)C2CCCN2CC3)c1.Cl. The molecule has 0 bridgehead atoms. The van der Waals surface area contributed by atoms with E-state index in [4.69, 9.17) is 0 Å². The maximum atomic E-state index is 12.2. The summed E-state index contributed by atoms with van der Waals surface area (Å²) in [5.41, 5.74) is 6.01. The number of carbonyl (C=O) groups is 1. The number of halogens is 1. The Balaban J connectivity index is 0.00000196. The number of hydrogen-bond donors (Lipinski definition) is 1. The van der Waals surface area contributed by atoms with Gasteiger partial charge in [0.25, 0.3) is 0 Å². The Kier molecular flexibility index (Phi) is 5.80. The molecule has 136 valence electrons. The average Bonchev–Trinajstić information content (AvgIpc) is 3.09. The molecule has 4 rings (SSSR count). The second kappa shape index (κ2) is 8.07. The molecule has 2 aliphatic rings. The Labute approximate surface area is 161 Å². The van der Waals surface area contributed by atoms with Crippen LogP contribution in [0.1, 0.15) is 41.1 Å². The predicted molar refractivity (Wildman–Crippen MR) is 110 cm³/mol. The Morgan fingerprint density at radius 1 is 1.19 bits per heavy atom. The molecule has 3 nitrogen and oxygen atoms in total. The van der Waals surface area contributed by atoms with Gasteiger partial charge in [-0.1, -0.05) is 24.3 Å². The van der Waals surface area contributed by atoms with Crippen molar-refractivity contribution >= 4 is 30.1 Å². The maximum Gasteiger partial charge on any atom is 0.248 e. The minimum Gasteiger partial charge on any atom is -0.323 e. The lowest BCUT2D eigenvalue weighted by Gasteiger charge is -2.32. The summed E-state index contributed by atoms with van der Waals surface area (Å²) in [5.74, 6) is -0.0918. The zero-order valence-electron chi connectivity index (χ0n) is 15.1. The van der Waals surface area contributed by atoms with Crippen LogP contribution in [0.25, 0.3) is 6.08 Å². The minimum absolute atomic E-state index is 0. The number of aryl methyl sites for hydroxylation is 1. The van der Waals surface area contributed by atoms with E-state index in [1.54, 1.807) is 6.08 Å². The highest BCUT2D eigenvalue weighted by atomic mass is 35.5. The lowest BCUT2D eigenvalue weighted by Crippen LogP contribution is -2.30. The van der Waals surface area contributed by atoms with Gasteiger partial charge >= 0.3 is 0 Å². The van der Waals surface area contributed by atoms with Gasteiger partial charge in [0.2, 0.25) is 5.91 Å².